The first kappa shape index (κ1) is 20.7. The largest absolute Gasteiger partial charge is 0.494 e. The van der Waals surface area contributed by atoms with Crippen LogP contribution in [0.25, 0.3) is 0 Å². The minimum Gasteiger partial charge on any atom is -0.494 e. The summed E-state index contributed by atoms with van der Waals surface area (Å²) in [5.41, 5.74) is 3.14. The van der Waals surface area contributed by atoms with Crippen molar-refractivity contribution in [2.45, 2.75) is 32.7 Å². The van der Waals surface area contributed by atoms with Crippen LogP contribution >= 0.6 is 0 Å². The summed E-state index contributed by atoms with van der Waals surface area (Å²) in [5.74, 6) is 0.680. The number of anilines is 1. The molecule has 6 heteroatoms. The van der Waals surface area contributed by atoms with E-state index in [1.54, 1.807) is 18.2 Å². The van der Waals surface area contributed by atoms with Gasteiger partial charge in [-0.05, 0) is 74.2 Å². The molecule has 2 heterocycles. The first-order chi connectivity index (χ1) is 15.1. The van der Waals surface area contributed by atoms with Crippen molar-refractivity contribution < 1.29 is 18.7 Å². The second-order valence-corrected chi connectivity index (χ2v) is 7.62. The van der Waals surface area contributed by atoms with Crippen LogP contribution in [0.2, 0.25) is 0 Å². The van der Waals surface area contributed by atoms with Gasteiger partial charge in [-0.15, -0.1) is 0 Å². The van der Waals surface area contributed by atoms with Gasteiger partial charge in [-0.2, -0.15) is 0 Å². The molecule has 1 aliphatic heterocycles. The third kappa shape index (κ3) is 4.48. The Morgan fingerprint density at radius 1 is 1.16 bits per heavy atom. The second kappa shape index (κ2) is 9.08. The molecule has 31 heavy (non-hydrogen) atoms. The Hall–Kier alpha value is -3.54. The fourth-order valence-electron chi connectivity index (χ4n) is 3.96. The Kier molecular flexibility index (Phi) is 6.07. The van der Waals surface area contributed by atoms with E-state index in [9.17, 15) is 9.59 Å². The number of amides is 2. The molecule has 160 valence electrons. The lowest BCUT2D eigenvalue weighted by molar-refractivity contribution is 0.0735. The minimum atomic E-state index is -0.342. The van der Waals surface area contributed by atoms with Crippen LogP contribution in [0, 0.1) is 6.92 Å². The molecule has 0 spiro atoms. The highest BCUT2D eigenvalue weighted by Crippen LogP contribution is 2.34. The quantitative estimate of drug-likeness (QED) is 0.596. The average molecular weight is 418 g/mol. The van der Waals surface area contributed by atoms with E-state index in [4.69, 9.17) is 9.15 Å². The molecule has 2 aromatic carbocycles. The van der Waals surface area contributed by atoms with Gasteiger partial charge < -0.3 is 19.4 Å². The maximum absolute atomic E-state index is 13.3. The van der Waals surface area contributed by atoms with Gasteiger partial charge in [0.05, 0.1) is 18.9 Å². The van der Waals surface area contributed by atoms with E-state index in [0.717, 1.165) is 29.7 Å². The van der Waals surface area contributed by atoms with Crippen LogP contribution in [0.1, 0.15) is 57.8 Å². The van der Waals surface area contributed by atoms with Crippen molar-refractivity contribution >= 4 is 17.5 Å². The minimum absolute atomic E-state index is 0.0330. The van der Waals surface area contributed by atoms with Gasteiger partial charge in [0, 0.05) is 17.8 Å². The summed E-state index contributed by atoms with van der Waals surface area (Å²) >= 11 is 0. The summed E-state index contributed by atoms with van der Waals surface area (Å²) in [6.07, 6.45) is 3.33. The molecule has 1 aromatic heterocycles. The number of carbonyl (C=O) groups excluding carboxylic acids is 2. The number of likely N-dealkylation sites (tertiary alicyclic amines) is 1. The van der Waals surface area contributed by atoms with Crippen molar-refractivity contribution in [2.75, 3.05) is 18.5 Å². The zero-order valence-electron chi connectivity index (χ0n) is 17.8. The van der Waals surface area contributed by atoms with E-state index in [1.165, 1.54) is 6.26 Å². The summed E-state index contributed by atoms with van der Waals surface area (Å²) in [4.78, 5) is 27.6. The van der Waals surface area contributed by atoms with E-state index >= 15 is 0 Å². The molecule has 1 N–H and O–H groups in total. The van der Waals surface area contributed by atoms with Gasteiger partial charge in [-0.1, -0.05) is 18.2 Å². The van der Waals surface area contributed by atoms with Gasteiger partial charge in [-0.3, -0.25) is 9.59 Å². The molecular weight excluding hydrogens is 392 g/mol. The van der Waals surface area contributed by atoms with Gasteiger partial charge >= 0.3 is 0 Å². The number of aryl methyl sites for hydroxylation is 1. The van der Waals surface area contributed by atoms with Crippen molar-refractivity contribution in [1.82, 2.24) is 4.90 Å². The Balaban J connectivity index is 1.53. The fourth-order valence-corrected chi connectivity index (χ4v) is 3.96. The third-order valence-electron chi connectivity index (χ3n) is 5.57. The van der Waals surface area contributed by atoms with E-state index in [2.05, 4.69) is 5.32 Å². The second-order valence-electron chi connectivity index (χ2n) is 7.62. The lowest BCUT2D eigenvalue weighted by Crippen LogP contribution is -2.30. The molecule has 1 atom stereocenters. The molecular formula is C25H26N2O4. The van der Waals surface area contributed by atoms with E-state index in [1.807, 2.05) is 55.1 Å². The van der Waals surface area contributed by atoms with Crippen LogP contribution in [-0.2, 0) is 0 Å². The smallest absolute Gasteiger partial charge is 0.291 e. The van der Waals surface area contributed by atoms with Crippen LogP contribution in [0.5, 0.6) is 5.75 Å². The zero-order chi connectivity index (χ0) is 21.8. The highest BCUT2D eigenvalue weighted by molar-refractivity contribution is 6.04. The van der Waals surface area contributed by atoms with Gasteiger partial charge in [0.2, 0.25) is 0 Å². The van der Waals surface area contributed by atoms with Crippen molar-refractivity contribution in [1.29, 1.82) is 0 Å². The molecule has 3 aromatic rings. The van der Waals surface area contributed by atoms with E-state index in [-0.39, 0.29) is 23.6 Å². The lowest BCUT2D eigenvalue weighted by Gasteiger charge is -2.26. The SMILES string of the molecule is CCOc1ccc([C@H]2CCCN2C(=O)c2ccc(C)c(NC(=O)c3ccco3)c2)cc1. The van der Waals surface area contributed by atoms with Crippen molar-refractivity contribution in [2.24, 2.45) is 0 Å². The molecule has 0 unspecified atom stereocenters. The molecule has 0 saturated carbocycles. The molecule has 1 saturated heterocycles. The Morgan fingerprint density at radius 2 is 1.97 bits per heavy atom. The van der Waals surface area contributed by atoms with Crippen LogP contribution in [0.15, 0.2) is 65.3 Å². The number of hydrogen-bond donors (Lipinski definition) is 1. The summed E-state index contributed by atoms with van der Waals surface area (Å²) < 4.78 is 10.7. The molecule has 6 nitrogen and oxygen atoms in total. The maximum Gasteiger partial charge on any atom is 0.291 e. The molecule has 2 amide bonds. The summed E-state index contributed by atoms with van der Waals surface area (Å²) in [6.45, 7) is 5.18. The Morgan fingerprint density at radius 3 is 2.68 bits per heavy atom. The number of carbonyl (C=O) groups is 2. The number of nitrogens with one attached hydrogen (secondary N) is 1. The Labute approximate surface area is 181 Å². The van der Waals surface area contributed by atoms with Crippen LogP contribution in [0.3, 0.4) is 0 Å². The molecule has 1 fully saturated rings. The number of ether oxygens (including phenoxy) is 1. The van der Waals surface area contributed by atoms with Crippen molar-refractivity contribution in [3.8, 4) is 5.75 Å². The first-order valence-corrected chi connectivity index (χ1v) is 10.6. The molecule has 4 rings (SSSR count). The highest BCUT2D eigenvalue weighted by atomic mass is 16.5. The maximum atomic E-state index is 13.3. The zero-order valence-corrected chi connectivity index (χ0v) is 17.8. The van der Waals surface area contributed by atoms with Crippen LogP contribution in [0.4, 0.5) is 5.69 Å². The third-order valence-corrected chi connectivity index (χ3v) is 5.57. The van der Waals surface area contributed by atoms with Crippen LogP contribution in [-0.4, -0.2) is 29.9 Å². The number of hydrogen-bond acceptors (Lipinski definition) is 4. The number of rotatable bonds is 6. The summed E-state index contributed by atoms with van der Waals surface area (Å²) in [6, 6.07) is 16.7. The number of benzene rings is 2. The highest BCUT2D eigenvalue weighted by Gasteiger charge is 2.31. The van der Waals surface area contributed by atoms with Crippen molar-refractivity contribution in [3.05, 3.63) is 83.3 Å². The van der Waals surface area contributed by atoms with Crippen LogP contribution < -0.4 is 10.1 Å². The van der Waals surface area contributed by atoms with E-state index < -0.39 is 0 Å². The van der Waals surface area contributed by atoms with Gasteiger partial charge in [0.1, 0.15) is 5.75 Å². The topological polar surface area (TPSA) is 71.8 Å². The monoisotopic (exact) mass is 418 g/mol. The first-order valence-electron chi connectivity index (χ1n) is 10.6. The van der Waals surface area contributed by atoms with Gasteiger partial charge in [0.25, 0.3) is 11.8 Å². The standard InChI is InChI=1S/C25H26N2O4/c1-3-30-20-12-10-18(11-13-20)22-6-4-14-27(22)25(29)19-9-8-17(2)21(16-19)26-24(28)23-7-5-15-31-23/h5,7-13,15-16,22H,3-4,6,14H2,1-2H3,(H,26,28)/t22-/m1/s1. The number of nitrogens with zero attached hydrogens (tertiary/aromatic N) is 1. The van der Waals surface area contributed by atoms with E-state index in [0.29, 0.717) is 24.4 Å². The normalized spacial score (nSPS) is 15.7. The average Bonchev–Trinajstić information content (AvgIpc) is 3.48. The number of furan rings is 1. The molecule has 1 aliphatic rings. The lowest BCUT2D eigenvalue weighted by atomic mass is 10.0. The summed E-state index contributed by atoms with van der Waals surface area (Å²) in [5, 5.41) is 2.84. The summed E-state index contributed by atoms with van der Waals surface area (Å²) in [7, 11) is 0. The van der Waals surface area contributed by atoms with Crippen molar-refractivity contribution in [3.63, 3.8) is 0 Å². The fraction of sp³-hybridized carbons (Fsp3) is 0.280. The van der Waals surface area contributed by atoms with Gasteiger partial charge in [-0.25, -0.2) is 0 Å². The predicted molar refractivity (Wildman–Crippen MR) is 118 cm³/mol. The molecule has 0 radical (unpaired) electrons. The molecule has 0 aliphatic carbocycles. The predicted octanol–water partition coefficient (Wildman–Crippen LogP) is 5.22. The van der Waals surface area contributed by atoms with Gasteiger partial charge in [0.15, 0.2) is 5.76 Å². The Bertz CT molecular complexity index is 1060. The molecule has 0 bridgehead atoms.